The van der Waals surface area contributed by atoms with E-state index in [1.807, 2.05) is 18.2 Å². The van der Waals surface area contributed by atoms with Crippen LogP contribution in [0.3, 0.4) is 0 Å². The quantitative estimate of drug-likeness (QED) is 0.526. The maximum absolute atomic E-state index is 13.2. The second-order valence-corrected chi connectivity index (χ2v) is 4.66. The Bertz CT molecular complexity index is 601. The second-order valence-electron chi connectivity index (χ2n) is 3.98. The van der Waals surface area contributed by atoms with Crippen molar-refractivity contribution in [3.8, 4) is 0 Å². The van der Waals surface area contributed by atoms with Crippen molar-refractivity contribution in [2.45, 2.75) is 0 Å². The zero-order chi connectivity index (χ0) is 13.8. The highest BCUT2D eigenvalue weighted by atomic mass is 35.5. The van der Waals surface area contributed by atoms with E-state index in [1.54, 1.807) is 12.1 Å². The van der Waals surface area contributed by atoms with Crippen LogP contribution in [0.1, 0.15) is 11.1 Å². The first-order valence-electron chi connectivity index (χ1n) is 5.57. The zero-order valence-electron chi connectivity index (χ0n) is 9.84. The van der Waals surface area contributed by atoms with E-state index < -0.39 is 11.6 Å². The molecule has 2 aromatic carbocycles. The van der Waals surface area contributed by atoms with Gasteiger partial charge in [-0.05, 0) is 41.0 Å². The van der Waals surface area contributed by atoms with E-state index >= 15 is 0 Å². The largest absolute Gasteiger partial charge is 0.207 e. The van der Waals surface area contributed by atoms with E-state index in [0.717, 1.165) is 11.6 Å². The molecule has 0 N–H and O–H groups in total. The van der Waals surface area contributed by atoms with Crippen LogP contribution in [-0.4, -0.2) is 5.88 Å². The molecular formula is C15H10Cl2F2. The van der Waals surface area contributed by atoms with Crippen LogP contribution in [-0.2, 0) is 0 Å². The Balaban J connectivity index is 2.47. The number of rotatable bonds is 3. The molecule has 0 amide bonds. The summed E-state index contributed by atoms with van der Waals surface area (Å²) in [6.45, 7) is 0. The second kappa shape index (κ2) is 6.18. The molecule has 4 heteroatoms. The average molecular weight is 299 g/mol. The van der Waals surface area contributed by atoms with Crippen molar-refractivity contribution in [1.29, 1.82) is 0 Å². The van der Waals surface area contributed by atoms with Crippen LogP contribution in [0.4, 0.5) is 8.78 Å². The van der Waals surface area contributed by atoms with Crippen LogP contribution in [0, 0.1) is 11.6 Å². The molecule has 0 aliphatic rings. The van der Waals surface area contributed by atoms with Crippen molar-refractivity contribution in [1.82, 2.24) is 0 Å². The molecule has 0 aliphatic heterocycles. The third kappa shape index (κ3) is 3.55. The van der Waals surface area contributed by atoms with Crippen molar-refractivity contribution >= 4 is 34.9 Å². The van der Waals surface area contributed by atoms with Gasteiger partial charge in [-0.15, -0.1) is 11.6 Å². The maximum Gasteiger partial charge on any atom is 0.126 e. The third-order valence-corrected chi connectivity index (χ3v) is 3.24. The molecule has 0 heterocycles. The van der Waals surface area contributed by atoms with Crippen LogP contribution in [0.15, 0.2) is 42.5 Å². The summed E-state index contributed by atoms with van der Waals surface area (Å²) >= 11 is 11.9. The molecule has 19 heavy (non-hydrogen) atoms. The summed E-state index contributed by atoms with van der Waals surface area (Å²) in [5.74, 6) is -1.14. The highest BCUT2D eigenvalue weighted by Gasteiger charge is 2.06. The van der Waals surface area contributed by atoms with Gasteiger partial charge in [-0.25, -0.2) is 8.78 Å². The lowest BCUT2D eigenvalue weighted by molar-refractivity contribution is 0.582. The summed E-state index contributed by atoms with van der Waals surface area (Å²) in [6.07, 6.45) is 1.73. The highest BCUT2D eigenvalue weighted by molar-refractivity contribution is 6.32. The molecule has 2 rings (SSSR count). The van der Waals surface area contributed by atoms with E-state index in [4.69, 9.17) is 23.2 Å². The predicted molar refractivity (Wildman–Crippen MR) is 76.4 cm³/mol. The molecular weight excluding hydrogens is 289 g/mol. The topological polar surface area (TPSA) is 0 Å². The molecule has 0 saturated carbocycles. The summed E-state index contributed by atoms with van der Waals surface area (Å²) in [6, 6.07) is 10.5. The Hall–Kier alpha value is -1.38. The van der Waals surface area contributed by atoms with E-state index in [0.29, 0.717) is 16.2 Å². The molecule has 0 fully saturated rings. The van der Waals surface area contributed by atoms with E-state index in [1.165, 1.54) is 12.1 Å². The molecule has 0 bridgehead atoms. The van der Waals surface area contributed by atoms with Gasteiger partial charge in [-0.1, -0.05) is 29.8 Å². The Labute approximate surface area is 120 Å². The summed E-state index contributed by atoms with van der Waals surface area (Å²) in [4.78, 5) is 0. The van der Waals surface area contributed by atoms with E-state index in [2.05, 4.69) is 0 Å². The molecule has 0 unspecified atom stereocenters. The van der Waals surface area contributed by atoms with E-state index in [9.17, 15) is 8.78 Å². The molecule has 0 nitrogen and oxygen atoms in total. The summed E-state index contributed by atoms with van der Waals surface area (Å²) in [5, 5.41) is 0.557. The van der Waals surface area contributed by atoms with Crippen molar-refractivity contribution in [2.75, 3.05) is 5.88 Å². The van der Waals surface area contributed by atoms with Crippen molar-refractivity contribution in [2.24, 2.45) is 0 Å². The molecule has 0 aromatic heterocycles. The van der Waals surface area contributed by atoms with Gasteiger partial charge in [0.05, 0.1) is 0 Å². The van der Waals surface area contributed by atoms with Crippen LogP contribution in [0.25, 0.3) is 11.6 Å². The van der Waals surface area contributed by atoms with Crippen LogP contribution in [0.5, 0.6) is 0 Å². The van der Waals surface area contributed by atoms with Gasteiger partial charge in [-0.2, -0.15) is 0 Å². The van der Waals surface area contributed by atoms with Crippen LogP contribution >= 0.6 is 23.2 Å². The zero-order valence-corrected chi connectivity index (χ0v) is 11.3. The first-order chi connectivity index (χ1) is 9.10. The smallest absolute Gasteiger partial charge is 0.126 e. The highest BCUT2D eigenvalue weighted by Crippen LogP contribution is 2.25. The van der Waals surface area contributed by atoms with Gasteiger partial charge >= 0.3 is 0 Å². The Morgan fingerprint density at radius 2 is 1.68 bits per heavy atom. The normalized spacial score (nSPS) is 11.7. The van der Waals surface area contributed by atoms with Gasteiger partial charge in [0.2, 0.25) is 0 Å². The van der Waals surface area contributed by atoms with Gasteiger partial charge in [-0.3, -0.25) is 0 Å². The monoisotopic (exact) mass is 298 g/mol. The van der Waals surface area contributed by atoms with Crippen molar-refractivity contribution < 1.29 is 8.78 Å². The third-order valence-electron chi connectivity index (χ3n) is 2.61. The molecule has 0 spiro atoms. The Kier molecular flexibility index (Phi) is 4.56. The Morgan fingerprint density at radius 3 is 2.26 bits per heavy atom. The number of benzene rings is 2. The predicted octanol–water partition coefficient (Wildman–Crippen LogP) is 5.40. The standard InChI is InChI=1S/C15H10Cl2F2/c16-9-12(5-10-3-1-2-4-15(10)17)11-6-13(18)8-14(19)7-11/h1-8H,9H2. The summed E-state index contributed by atoms with van der Waals surface area (Å²) < 4.78 is 26.4. The van der Waals surface area contributed by atoms with Gasteiger partial charge in [0.15, 0.2) is 0 Å². The van der Waals surface area contributed by atoms with Gasteiger partial charge in [0.1, 0.15) is 11.6 Å². The average Bonchev–Trinajstić information content (AvgIpc) is 2.36. The first kappa shape index (κ1) is 14.0. The Morgan fingerprint density at radius 1 is 1.05 bits per heavy atom. The van der Waals surface area contributed by atoms with Crippen LogP contribution < -0.4 is 0 Å². The number of halogens is 4. The summed E-state index contributed by atoms with van der Waals surface area (Å²) in [5.41, 5.74) is 1.77. The first-order valence-corrected chi connectivity index (χ1v) is 6.49. The summed E-state index contributed by atoms with van der Waals surface area (Å²) in [7, 11) is 0. The number of hydrogen-bond donors (Lipinski definition) is 0. The van der Waals surface area contributed by atoms with Crippen LogP contribution in [0.2, 0.25) is 5.02 Å². The molecule has 2 aromatic rings. The SMILES string of the molecule is Fc1cc(F)cc(C(=Cc2ccccc2Cl)CCl)c1. The van der Waals surface area contributed by atoms with Gasteiger partial charge < -0.3 is 0 Å². The molecule has 0 radical (unpaired) electrons. The lowest BCUT2D eigenvalue weighted by Gasteiger charge is -2.06. The van der Waals surface area contributed by atoms with Crippen molar-refractivity contribution in [3.05, 3.63) is 70.2 Å². The van der Waals surface area contributed by atoms with Gasteiger partial charge in [0, 0.05) is 17.0 Å². The molecule has 98 valence electrons. The van der Waals surface area contributed by atoms with Gasteiger partial charge in [0.25, 0.3) is 0 Å². The number of hydrogen-bond acceptors (Lipinski definition) is 0. The fourth-order valence-corrected chi connectivity index (χ4v) is 2.14. The number of allylic oxidation sites excluding steroid dienone is 1. The minimum absolute atomic E-state index is 0.133. The van der Waals surface area contributed by atoms with E-state index in [-0.39, 0.29) is 5.88 Å². The molecule has 0 aliphatic carbocycles. The lowest BCUT2D eigenvalue weighted by Crippen LogP contribution is -1.90. The maximum atomic E-state index is 13.2. The van der Waals surface area contributed by atoms with Crippen molar-refractivity contribution in [3.63, 3.8) is 0 Å². The fraction of sp³-hybridized carbons (Fsp3) is 0.0667. The molecule has 0 atom stereocenters. The minimum atomic E-state index is -0.634. The number of alkyl halides is 1. The fourth-order valence-electron chi connectivity index (χ4n) is 1.72. The lowest BCUT2D eigenvalue weighted by atomic mass is 10.0. The molecule has 0 saturated heterocycles. The minimum Gasteiger partial charge on any atom is -0.207 e.